The van der Waals surface area contributed by atoms with E-state index in [4.69, 9.17) is 9.47 Å². The second-order valence-corrected chi connectivity index (χ2v) is 8.43. The van der Waals surface area contributed by atoms with Crippen LogP contribution in [0.15, 0.2) is 36.5 Å². The van der Waals surface area contributed by atoms with E-state index in [0.717, 1.165) is 5.69 Å². The predicted molar refractivity (Wildman–Crippen MR) is 102 cm³/mol. The number of rotatable bonds is 6. The smallest absolute Gasteiger partial charge is 0.253 e. The highest BCUT2D eigenvalue weighted by Gasteiger charge is 2.29. The molecule has 144 valence electrons. The van der Waals surface area contributed by atoms with Gasteiger partial charge in [0.25, 0.3) is 5.91 Å². The number of sulfone groups is 1. The fraction of sp³-hybridized carbons (Fsp3) is 0.333. The van der Waals surface area contributed by atoms with E-state index in [1.807, 2.05) is 6.07 Å². The summed E-state index contributed by atoms with van der Waals surface area (Å²) in [5, 5.41) is 5.86. The molecule has 1 aliphatic heterocycles. The van der Waals surface area contributed by atoms with Crippen molar-refractivity contribution in [2.45, 2.75) is 12.5 Å². The fourth-order valence-electron chi connectivity index (χ4n) is 2.84. The molecule has 27 heavy (non-hydrogen) atoms. The summed E-state index contributed by atoms with van der Waals surface area (Å²) >= 11 is 0. The van der Waals surface area contributed by atoms with E-state index in [-0.39, 0.29) is 23.5 Å². The van der Waals surface area contributed by atoms with Gasteiger partial charge in [0.1, 0.15) is 5.82 Å². The number of carbonyl (C=O) groups excluding carboxylic acids is 1. The van der Waals surface area contributed by atoms with Gasteiger partial charge in [0.05, 0.1) is 31.3 Å². The van der Waals surface area contributed by atoms with Crippen LogP contribution >= 0.6 is 0 Å². The van der Waals surface area contributed by atoms with Crippen molar-refractivity contribution in [1.82, 2.24) is 10.3 Å². The van der Waals surface area contributed by atoms with Crippen LogP contribution in [0.4, 0.5) is 11.5 Å². The van der Waals surface area contributed by atoms with Crippen LogP contribution in [0.2, 0.25) is 0 Å². The van der Waals surface area contributed by atoms with Crippen LogP contribution in [0, 0.1) is 0 Å². The summed E-state index contributed by atoms with van der Waals surface area (Å²) in [5.41, 5.74) is 1.13. The Morgan fingerprint density at radius 3 is 2.52 bits per heavy atom. The molecule has 9 heteroatoms. The average Bonchev–Trinajstić information content (AvgIpc) is 3.00. The molecular weight excluding hydrogens is 370 g/mol. The minimum absolute atomic E-state index is 0.00882. The maximum atomic E-state index is 12.2. The topological polar surface area (TPSA) is 107 Å². The van der Waals surface area contributed by atoms with Gasteiger partial charge < -0.3 is 20.1 Å². The average molecular weight is 391 g/mol. The van der Waals surface area contributed by atoms with Crippen molar-refractivity contribution in [3.8, 4) is 11.5 Å². The maximum absolute atomic E-state index is 12.2. The Labute approximate surface area is 157 Å². The SMILES string of the molecule is COc1ccc(Nc2ccc(C(=O)NC3CCS(=O)(=O)C3)cn2)cc1OC. The monoisotopic (exact) mass is 391 g/mol. The lowest BCUT2D eigenvalue weighted by Gasteiger charge is -2.12. The molecule has 2 N–H and O–H groups in total. The first-order chi connectivity index (χ1) is 12.9. The van der Waals surface area contributed by atoms with Gasteiger partial charge in [-0.3, -0.25) is 4.79 Å². The van der Waals surface area contributed by atoms with Crippen LogP contribution < -0.4 is 20.1 Å². The van der Waals surface area contributed by atoms with Crippen LogP contribution in [0.25, 0.3) is 0 Å². The number of nitrogens with one attached hydrogen (secondary N) is 2. The predicted octanol–water partition coefficient (Wildman–Crippen LogP) is 1.76. The number of ether oxygens (including phenoxy) is 2. The molecule has 0 radical (unpaired) electrons. The minimum Gasteiger partial charge on any atom is -0.493 e. The number of nitrogens with zero attached hydrogens (tertiary/aromatic N) is 1. The first kappa shape index (κ1) is 19.0. The highest BCUT2D eigenvalue weighted by atomic mass is 32.2. The largest absolute Gasteiger partial charge is 0.493 e. The molecule has 0 spiro atoms. The highest BCUT2D eigenvalue weighted by Crippen LogP contribution is 2.30. The molecular formula is C18H21N3O5S. The molecule has 1 aromatic heterocycles. The summed E-state index contributed by atoms with van der Waals surface area (Å²) in [6.45, 7) is 0. The Balaban J connectivity index is 1.64. The lowest BCUT2D eigenvalue weighted by atomic mass is 10.2. The number of hydrogen-bond acceptors (Lipinski definition) is 7. The number of anilines is 2. The first-order valence-corrected chi connectivity index (χ1v) is 10.2. The minimum atomic E-state index is -3.03. The Morgan fingerprint density at radius 1 is 1.15 bits per heavy atom. The Kier molecular flexibility index (Phi) is 5.50. The van der Waals surface area contributed by atoms with Crippen molar-refractivity contribution >= 4 is 27.2 Å². The van der Waals surface area contributed by atoms with Crippen LogP contribution in [-0.2, 0) is 9.84 Å². The molecule has 1 fully saturated rings. The van der Waals surface area contributed by atoms with Gasteiger partial charge >= 0.3 is 0 Å². The molecule has 0 aliphatic carbocycles. The van der Waals surface area contributed by atoms with Gasteiger partial charge in [0.15, 0.2) is 21.3 Å². The molecule has 8 nitrogen and oxygen atoms in total. The van der Waals surface area contributed by atoms with Gasteiger partial charge in [-0.15, -0.1) is 0 Å². The van der Waals surface area contributed by atoms with Crippen LogP contribution in [0.5, 0.6) is 11.5 Å². The van der Waals surface area contributed by atoms with Crippen molar-refractivity contribution < 1.29 is 22.7 Å². The van der Waals surface area contributed by atoms with Crippen molar-refractivity contribution in [3.63, 3.8) is 0 Å². The third-order valence-corrected chi connectivity index (χ3v) is 6.02. The van der Waals surface area contributed by atoms with E-state index in [9.17, 15) is 13.2 Å². The van der Waals surface area contributed by atoms with Gasteiger partial charge in [-0.05, 0) is 30.7 Å². The van der Waals surface area contributed by atoms with Crippen molar-refractivity contribution in [3.05, 3.63) is 42.1 Å². The first-order valence-electron chi connectivity index (χ1n) is 8.36. The Bertz CT molecular complexity index is 929. The number of carbonyl (C=O) groups is 1. The zero-order valence-electron chi connectivity index (χ0n) is 15.1. The molecule has 1 amide bonds. The standard InChI is InChI=1S/C18H21N3O5S/c1-25-15-5-4-13(9-16(15)26-2)20-17-6-3-12(10-19-17)18(22)21-14-7-8-27(23,24)11-14/h3-6,9-10,14H,7-8,11H2,1-2H3,(H,19,20)(H,21,22). The highest BCUT2D eigenvalue weighted by molar-refractivity contribution is 7.91. The normalized spacial score (nSPS) is 17.9. The zero-order chi connectivity index (χ0) is 19.4. The van der Waals surface area contributed by atoms with Crippen molar-refractivity contribution in [2.24, 2.45) is 0 Å². The molecule has 1 saturated heterocycles. The second-order valence-electron chi connectivity index (χ2n) is 6.20. The molecule has 1 atom stereocenters. The number of hydrogen-bond donors (Lipinski definition) is 2. The van der Waals surface area contributed by atoms with E-state index >= 15 is 0 Å². The summed E-state index contributed by atoms with van der Waals surface area (Å²) in [4.78, 5) is 16.5. The molecule has 2 aromatic rings. The molecule has 1 aromatic carbocycles. The summed E-state index contributed by atoms with van der Waals surface area (Å²) in [5.74, 6) is 1.54. The summed E-state index contributed by atoms with van der Waals surface area (Å²) < 4.78 is 33.4. The van der Waals surface area contributed by atoms with Crippen molar-refractivity contribution in [2.75, 3.05) is 31.0 Å². The molecule has 1 unspecified atom stereocenters. The lowest BCUT2D eigenvalue weighted by molar-refractivity contribution is 0.0941. The number of benzene rings is 1. The third kappa shape index (κ3) is 4.68. The maximum Gasteiger partial charge on any atom is 0.253 e. The Hall–Kier alpha value is -2.81. The van der Waals surface area contributed by atoms with Gasteiger partial charge in [-0.1, -0.05) is 0 Å². The molecule has 1 aliphatic rings. The van der Waals surface area contributed by atoms with E-state index < -0.39 is 9.84 Å². The van der Waals surface area contributed by atoms with E-state index in [1.165, 1.54) is 6.20 Å². The summed E-state index contributed by atoms with van der Waals surface area (Å²) in [6, 6.07) is 8.35. The van der Waals surface area contributed by atoms with Crippen LogP contribution in [0.3, 0.4) is 0 Å². The third-order valence-electron chi connectivity index (χ3n) is 4.25. The molecule has 0 saturated carbocycles. The lowest BCUT2D eigenvalue weighted by Crippen LogP contribution is -2.35. The number of pyridine rings is 1. The van der Waals surface area contributed by atoms with Gasteiger partial charge in [-0.2, -0.15) is 0 Å². The number of methoxy groups -OCH3 is 2. The number of aromatic nitrogens is 1. The van der Waals surface area contributed by atoms with Crippen molar-refractivity contribution in [1.29, 1.82) is 0 Å². The Morgan fingerprint density at radius 2 is 1.93 bits per heavy atom. The van der Waals surface area contributed by atoms with Gasteiger partial charge in [0, 0.05) is 24.0 Å². The fourth-order valence-corrected chi connectivity index (χ4v) is 4.51. The zero-order valence-corrected chi connectivity index (χ0v) is 15.9. The molecule has 2 heterocycles. The molecule has 0 bridgehead atoms. The quantitative estimate of drug-likeness (QED) is 0.773. The summed E-state index contributed by atoms with van der Waals surface area (Å²) in [7, 11) is 0.0902. The number of amides is 1. The van der Waals surface area contributed by atoms with E-state index in [2.05, 4.69) is 15.6 Å². The second kappa shape index (κ2) is 7.83. The van der Waals surface area contributed by atoms with Crippen LogP contribution in [-0.4, -0.2) is 51.1 Å². The summed E-state index contributed by atoms with van der Waals surface area (Å²) in [6.07, 6.45) is 1.89. The van der Waals surface area contributed by atoms with Crippen LogP contribution in [0.1, 0.15) is 16.8 Å². The van der Waals surface area contributed by atoms with E-state index in [0.29, 0.717) is 29.3 Å². The van der Waals surface area contributed by atoms with Gasteiger partial charge in [-0.25, -0.2) is 13.4 Å². The molecule has 3 rings (SSSR count). The van der Waals surface area contributed by atoms with Gasteiger partial charge in [0.2, 0.25) is 0 Å². The van der Waals surface area contributed by atoms with E-state index in [1.54, 1.807) is 38.5 Å².